The third kappa shape index (κ3) is 5.34. The summed E-state index contributed by atoms with van der Waals surface area (Å²) in [7, 11) is 0. The summed E-state index contributed by atoms with van der Waals surface area (Å²) in [6.45, 7) is 6.12. The van der Waals surface area contributed by atoms with Crippen molar-refractivity contribution in [3.63, 3.8) is 0 Å². The molecule has 0 atom stereocenters. The zero-order chi connectivity index (χ0) is 22.6. The maximum absolute atomic E-state index is 12.7. The van der Waals surface area contributed by atoms with Gasteiger partial charge in [-0.15, -0.1) is 0 Å². The summed E-state index contributed by atoms with van der Waals surface area (Å²) < 4.78 is 10.6. The number of hydrogen-bond donors (Lipinski definition) is 2. The molecule has 1 saturated carbocycles. The number of hydrogen-bond acceptors (Lipinski definition) is 6. The van der Waals surface area contributed by atoms with Crippen molar-refractivity contribution in [1.29, 1.82) is 0 Å². The van der Waals surface area contributed by atoms with E-state index < -0.39 is 36.0 Å². The molecule has 2 N–H and O–H groups in total. The minimum Gasteiger partial charge on any atom is -0.493 e. The van der Waals surface area contributed by atoms with Crippen LogP contribution < -0.4 is 15.5 Å². The van der Waals surface area contributed by atoms with E-state index in [1.165, 1.54) is 0 Å². The first-order valence-electron chi connectivity index (χ1n) is 10.6. The lowest BCUT2D eigenvalue weighted by Crippen LogP contribution is -2.52. The predicted molar refractivity (Wildman–Crippen MR) is 111 cm³/mol. The molecule has 3 rings (SSSR count). The van der Waals surface area contributed by atoms with Crippen molar-refractivity contribution >= 4 is 23.8 Å². The van der Waals surface area contributed by atoms with Gasteiger partial charge in [0, 0.05) is 0 Å². The number of imide groups is 1. The van der Waals surface area contributed by atoms with E-state index in [0.29, 0.717) is 42.0 Å². The Morgan fingerprint density at radius 2 is 1.84 bits per heavy atom. The number of benzene rings is 1. The highest BCUT2D eigenvalue weighted by Crippen LogP contribution is 2.35. The molecule has 1 heterocycles. The molecule has 9 nitrogen and oxygen atoms in total. The van der Waals surface area contributed by atoms with Crippen molar-refractivity contribution < 1.29 is 28.7 Å². The molecule has 1 spiro atoms. The van der Waals surface area contributed by atoms with E-state index in [1.54, 1.807) is 24.3 Å². The van der Waals surface area contributed by atoms with Crippen molar-refractivity contribution in [3.05, 3.63) is 29.8 Å². The Kier molecular flexibility index (Phi) is 6.82. The minimum absolute atomic E-state index is 0.259. The normalized spacial score (nSPS) is 23.1. The van der Waals surface area contributed by atoms with Gasteiger partial charge in [-0.1, -0.05) is 20.8 Å². The van der Waals surface area contributed by atoms with Crippen LogP contribution in [0.5, 0.6) is 5.75 Å². The molecule has 0 aromatic heterocycles. The molecule has 2 aliphatic rings. The van der Waals surface area contributed by atoms with Gasteiger partial charge in [-0.3, -0.25) is 15.0 Å². The fraction of sp³-hybridized carbons (Fsp3) is 0.545. The molecular weight excluding hydrogens is 402 g/mol. The maximum atomic E-state index is 12.7. The quantitative estimate of drug-likeness (QED) is 0.506. The molecule has 9 heteroatoms. The summed E-state index contributed by atoms with van der Waals surface area (Å²) in [5.41, 5.74) is 1.55. The van der Waals surface area contributed by atoms with Crippen molar-refractivity contribution in [1.82, 2.24) is 15.8 Å². The van der Waals surface area contributed by atoms with E-state index in [9.17, 15) is 19.2 Å². The van der Waals surface area contributed by atoms with Gasteiger partial charge >= 0.3 is 12.0 Å². The van der Waals surface area contributed by atoms with Crippen LogP contribution in [0.2, 0.25) is 0 Å². The van der Waals surface area contributed by atoms with Crippen LogP contribution in [0.3, 0.4) is 0 Å². The number of carbonyl (C=O) groups is 4. The molecule has 4 amide bonds. The monoisotopic (exact) mass is 431 g/mol. The van der Waals surface area contributed by atoms with Crippen LogP contribution in [0, 0.1) is 11.8 Å². The zero-order valence-corrected chi connectivity index (χ0v) is 18.1. The Bertz CT molecular complexity index is 843. The molecule has 1 aromatic carbocycles. The molecule has 168 valence electrons. The lowest BCUT2D eigenvalue weighted by atomic mass is 9.77. The first-order valence-corrected chi connectivity index (χ1v) is 10.6. The number of esters is 1. The average molecular weight is 431 g/mol. The lowest BCUT2D eigenvalue weighted by molar-refractivity contribution is -0.141. The van der Waals surface area contributed by atoms with E-state index in [4.69, 9.17) is 9.47 Å². The summed E-state index contributed by atoms with van der Waals surface area (Å²) in [4.78, 5) is 49.3. The highest BCUT2D eigenvalue weighted by atomic mass is 16.5. The molecule has 1 aliphatic heterocycles. The van der Waals surface area contributed by atoms with Crippen LogP contribution in [0.4, 0.5) is 4.79 Å². The minimum atomic E-state index is -0.951. The highest BCUT2D eigenvalue weighted by Gasteiger charge is 2.52. The number of rotatable bonds is 7. The van der Waals surface area contributed by atoms with Crippen LogP contribution in [0.15, 0.2) is 24.3 Å². The first kappa shape index (κ1) is 22.6. The zero-order valence-electron chi connectivity index (χ0n) is 18.1. The number of nitrogens with one attached hydrogen (secondary N) is 2. The number of hydrazine groups is 1. The van der Waals surface area contributed by atoms with Crippen molar-refractivity contribution in [2.75, 3.05) is 13.2 Å². The van der Waals surface area contributed by atoms with Gasteiger partial charge in [0.2, 0.25) is 0 Å². The lowest BCUT2D eigenvalue weighted by Gasteiger charge is -2.33. The van der Waals surface area contributed by atoms with E-state index in [-0.39, 0.29) is 5.56 Å². The summed E-state index contributed by atoms with van der Waals surface area (Å²) in [5.74, 6) is -0.428. The van der Waals surface area contributed by atoms with Gasteiger partial charge in [-0.2, -0.15) is 5.01 Å². The van der Waals surface area contributed by atoms with Crippen LogP contribution in [0.1, 0.15) is 56.8 Å². The smallest absolute Gasteiger partial charge is 0.344 e. The van der Waals surface area contributed by atoms with Crippen LogP contribution in [-0.4, -0.2) is 47.6 Å². The summed E-state index contributed by atoms with van der Waals surface area (Å²) in [6.07, 6.45) is 2.73. The van der Waals surface area contributed by atoms with Gasteiger partial charge in [-0.05, 0) is 61.8 Å². The largest absolute Gasteiger partial charge is 0.493 e. The van der Waals surface area contributed by atoms with Crippen molar-refractivity contribution in [2.45, 2.75) is 52.0 Å². The Morgan fingerprint density at radius 3 is 2.45 bits per heavy atom. The maximum Gasteiger partial charge on any atom is 0.344 e. The van der Waals surface area contributed by atoms with E-state index in [1.807, 2.05) is 13.8 Å². The molecule has 2 fully saturated rings. The summed E-state index contributed by atoms with van der Waals surface area (Å²) in [6, 6.07) is 5.71. The topological polar surface area (TPSA) is 114 Å². The van der Waals surface area contributed by atoms with Gasteiger partial charge in [0.05, 0.1) is 12.2 Å². The molecule has 0 radical (unpaired) electrons. The third-order valence-corrected chi connectivity index (χ3v) is 5.53. The highest BCUT2D eigenvalue weighted by molar-refractivity contribution is 6.08. The number of carbonyl (C=O) groups excluding carboxylic acids is 4. The SMILES string of the molecule is CC(C)COc1ccc(C(=O)OCC(=O)NN2C(=O)NC3(CCC(C)CC3)C2=O)cc1. The second-order valence-electron chi connectivity index (χ2n) is 8.68. The number of amides is 4. The third-order valence-electron chi connectivity index (χ3n) is 5.53. The van der Waals surface area contributed by atoms with Crippen LogP contribution >= 0.6 is 0 Å². The Labute approximate surface area is 181 Å². The average Bonchev–Trinajstić information content (AvgIpc) is 2.97. The Morgan fingerprint density at radius 1 is 1.19 bits per heavy atom. The van der Waals surface area contributed by atoms with Gasteiger partial charge in [0.15, 0.2) is 6.61 Å². The first-order chi connectivity index (χ1) is 14.7. The van der Waals surface area contributed by atoms with Crippen molar-refractivity contribution in [3.8, 4) is 5.75 Å². The van der Waals surface area contributed by atoms with Crippen molar-refractivity contribution in [2.24, 2.45) is 11.8 Å². The van der Waals surface area contributed by atoms with Gasteiger partial charge in [0.25, 0.3) is 11.8 Å². The predicted octanol–water partition coefficient (Wildman–Crippen LogP) is 2.41. The summed E-state index contributed by atoms with van der Waals surface area (Å²) in [5, 5.41) is 3.40. The standard InChI is InChI=1S/C22H29N3O6/c1-14(2)12-30-17-6-4-16(5-7-17)19(27)31-13-18(26)24-25-20(28)22(23-21(25)29)10-8-15(3)9-11-22/h4-7,14-15H,8-13H2,1-3H3,(H,23,29)(H,24,26). The number of ether oxygens (including phenoxy) is 2. The molecule has 0 unspecified atom stereocenters. The number of nitrogens with zero attached hydrogens (tertiary/aromatic N) is 1. The molecule has 1 saturated heterocycles. The molecule has 0 bridgehead atoms. The number of urea groups is 1. The second kappa shape index (κ2) is 9.36. The molecule has 1 aliphatic carbocycles. The van der Waals surface area contributed by atoms with E-state index in [0.717, 1.165) is 12.8 Å². The van der Waals surface area contributed by atoms with E-state index >= 15 is 0 Å². The van der Waals surface area contributed by atoms with Crippen LogP contribution in [0.25, 0.3) is 0 Å². The second-order valence-corrected chi connectivity index (χ2v) is 8.68. The fourth-order valence-corrected chi connectivity index (χ4v) is 3.64. The Balaban J connectivity index is 1.49. The van der Waals surface area contributed by atoms with Gasteiger partial charge < -0.3 is 14.8 Å². The molecular formula is C22H29N3O6. The Hall–Kier alpha value is -3.10. The summed E-state index contributed by atoms with van der Waals surface area (Å²) >= 11 is 0. The molecule has 1 aromatic rings. The van der Waals surface area contributed by atoms with Gasteiger partial charge in [0.1, 0.15) is 11.3 Å². The van der Waals surface area contributed by atoms with Gasteiger partial charge in [-0.25, -0.2) is 9.59 Å². The fourth-order valence-electron chi connectivity index (χ4n) is 3.64. The van der Waals surface area contributed by atoms with E-state index in [2.05, 4.69) is 17.7 Å². The van der Waals surface area contributed by atoms with Crippen LogP contribution in [-0.2, 0) is 14.3 Å². The molecule has 31 heavy (non-hydrogen) atoms.